The van der Waals surface area contributed by atoms with Crippen molar-refractivity contribution in [3.63, 3.8) is 0 Å². The van der Waals surface area contributed by atoms with E-state index < -0.39 is 17.1 Å². The van der Waals surface area contributed by atoms with Crippen LogP contribution < -0.4 is 0 Å². The average molecular weight is 239 g/mol. The zero-order chi connectivity index (χ0) is 12.7. The van der Waals surface area contributed by atoms with Crippen LogP contribution in [0.15, 0.2) is 30.3 Å². The van der Waals surface area contributed by atoms with Gasteiger partial charge in [-0.25, -0.2) is 4.79 Å². The highest BCUT2D eigenvalue weighted by atomic mass is 16.7. The topological polar surface area (TPSA) is 78.7 Å². The maximum atomic E-state index is 11.2. The summed E-state index contributed by atoms with van der Waals surface area (Å²) < 4.78 is 9.48. The number of carbonyl (C=O) groups is 1. The van der Waals surface area contributed by atoms with Gasteiger partial charge in [0.15, 0.2) is 0 Å². The van der Waals surface area contributed by atoms with Crippen LogP contribution in [0.2, 0.25) is 0 Å². The first-order chi connectivity index (χ1) is 8.15. The van der Waals surface area contributed by atoms with Crippen LogP contribution in [-0.4, -0.2) is 23.7 Å². The molecule has 0 heterocycles. The first-order valence-corrected chi connectivity index (χ1v) is 5.10. The van der Waals surface area contributed by atoms with Crippen molar-refractivity contribution >= 4 is 5.97 Å². The Hall–Kier alpha value is -1.95. The minimum absolute atomic E-state index is 0.00863. The van der Waals surface area contributed by atoms with Crippen LogP contribution in [0.25, 0.3) is 0 Å². The highest BCUT2D eigenvalue weighted by Crippen LogP contribution is 2.05. The van der Waals surface area contributed by atoms with Crippen LogP contribution in [0.4, 0.5) is 0 Å². The Morgan fingerprint density at radius 1 is 1.41 bits per heavy atom. The van der Waals surface area contributed by atoms with Gasteiger partial charge in [0.05, 0.1) is 18.1 Å². The van der Waals surface area contributed by atoms with Crippen LogP contribution in [0, 0.1) is 10.1 Å². The van der Waals surface area contributed by atoms with Crippen LogP contribution in [0.3, 0.4) is 0 Å². The normalized spacial score (nSPS) is 11.8. The molecule has 17 heavy (non-hydrogen) atoms. The Labute approximate surface area is 98.3 Å². The van der Waals surface area contributed by atoms with Crippen molar-refractivity contribution in [3.8, 4) is 0 Å². The third kappa shape index (κ3) is 4.20. The quantitative estimate of drug-likeness (QED) is 0.324. The molecule has 1 aromatic carbocycles. The second-order valence-electron chi connectivity index (χ2n) is 3.19. The summed E-state index contributed by atoms with van der Waals surface area (Å²) in [5.41, 5.74) is 0.753. The van der Waals surface area contributed by atoms with Crippen LogP contribution in [0.1, 0.15) is 12.5 Å². The van der Waals surface area contributed by atoms with E-state index in [2.05, 4.69) is 4.74 Å². The van der Waals surface area contributed by atoms with Gasteiger partial charge in [-0.2, -0.15) is 0 Å². The fourth-order valence-corrected chi connectivity index (χ4v) is 1.18. The van der Waals surface area contributed by atoms with Crippen molar-refractivity contribution in [1.82, 2.24) is 0 Å². The summed E-state index contributed by atoms with van der Waals surface area (Å²) in [6.07, 6.45) is -1.77. The number of nitrogens with zero attached hydrogens (tertiary/aromatic N) is 1. The monoisotopic (exact) mass is 239 g/mol. The summed E-state index contributed by atoms with van der Waals surface area (Å²) in [6, 6.07) is 8.89. The van der Waals surface area contributed by atoms with Crippen LogP contribution in [0.5, 0.6) is 0 Å². The molecule has 0 aliphatic carbocycles. The van der Waals surface area contributed by atoms with Gasteiger partial charge >= 0.3 is 12.2 Å². The molecule has 0 saturated carbocycles. The molecule has 0 saturated heterocycles. The van der Waals surface area contributed by atoms with Gasteiger partial charge in [0.1, 0.15) is 0 Å². The molecule has 1 unspecified atom stereocenters. The first-order valence-electron chi connectivity index (χ1n) is 5.10. The number of benzene rings is 1. The van der Waals surface area contributed by atoms with Crippen molar-refractivity contribution in [2.75, 3.05) is 6.61 Å². The van der Waals surface area contributed by atoms with Gasteiger partial charge in [-0.15, -0.1) is 0 Å². The molecule has 1 atom stereocenters. The molecule has 0 amide bonds. The fraction of sp³-hybridized carbons (Fsp3) is 0.364. The van der Waals surface area contributed by atoms with Gasteiger partial charge in [0.2, 0.25) is 0 Å². The lowest BCUT2D eigenvalue weighted by atomic mass is 10.2. The molecule has 92 valence electrons. The Balaban J connectivity index is 2.56. The molecule has 0 N–H and O–H groups in total. The van der Waals surface area contributed by atoms with Gasteiger partial charge in [-0.1, -0.05) is 30.3 Å². The van der Waals surface area contributed by atoms with Crippen molar-refractivity contribution in [3.05, 3.63) is 46.0 Å². The smallest absolute Gasteiger partial charge is 0.413 e. The molecule has 1 aromatic rings. The van der Waals surface area contributed by atoms with Gasteiger partial charge in [0, 0.05) is 0 Å². The molecule has 0 bridgehead atoms. The van der Waals surface area contributed by atoms with Crippen molar-refractivity contribution in [2.45, 2.75) is 19.8 Å². The molecular formula is C11H13NO5. The lowest BCUT2D eigenvalue weighted by Gasteiger charge is -2.09. The fourth-order valence-electron chi connectivity index (χ4n) is 1.18. The molecule has 0 spiro atoms. The van der Waals surface area contributed by atoms with Gasteiger partial charge in [-0.05, 0) is 12.5 Å². The summed E-state index contributed by atoms with van der Waals surface area (Å²) in [4.78, 5) is 21.0. The number of ether oxygens (including phenoxy) is 2. The van der Waals surface area contributed by atoms with E-state index in [1.165, 1.54) is 0 Å². The Bertz CT molecular complexity index is 379. The standard InChI is InChI=1S/C11H13NO5/c1-2-16-11(13)10(12(14)15)17-8-9-6-4-3-5-7-9/h3-7,10H,2,8H2,1H3. The van der Waals surface area contributed by atoms with E-state index in [-0.39, 0.29) is 13.2 Å². The third-order valence-corrected chi connectivity index (χ3v) is 1.93. The molecule has 1 rings (SSSR count). The molecule has 0 aliphatic heterocycles. The van der Waals surface area contributed by atoms with Crippen molar-refractivity contribution in [1.29, 1.82) is 0 Å². The number of nitro groups is 1. The Morgan fingerprint density at radius 3 is 2.59 bits per heavy atom. The SMILES string of the molecule is CCOC(=O)C(OCc1ccccc1)[N+](=O)[O-]. The summed E-state index contributed by atoms with van der Waals surface area (Å²) in [7, 11) is 0. The van der Waals surface area contributed by atoms with Crippen LogP contribution >= 0.6 is 0 Å². The predicted octanol–water partition coefficient (Wildman–Crippen LogP) is 1.37. The van der Waals surface area contributed by atoms with Gasteiger partial charge < -0.3 is 9.47 Å². The predicted molar refractivity (Wildman–Crippen MR) is 58.6 cm³/mol. The zero-order valence-corrected chi connectivity index (χ0v) is 9.37. The lowest BCUT2D eigenvalue weighted by Crippen LogP contribution is -2.34. The van der Waals surface area contributed by atoms with E-state index in [4.69, 9.17) is 4.74 Å². The number of hydrogen-bond donors (Lipinski definition) is 0. The Kier molecular flexibility index (Phi) is 5.09. The Morgan fingerprint density at radius 2 is 2.06 bits per heavy atom. The summed E-state index contributed by atoms with van der Waals surface area (Å²) in [5, 5.41) is 10.6. The third-order valence-electron chi connectivity index (χ3n) is 1.93. The van der Waals surface area contributed by atoms with Gasteiger partial charge in [-0.3, -0.25) is 10.1 Å². The second kappa shape index (κ2) is 6.59. The molecular weight excluding hydrogens is 226 g/mol. The highest BCUT2D eigenvalue weighted by Gasteiger charge is 2.32. The summed E-state index contributed by atoms with van der Waals surface area (Å²) >= 11 is 0. The molecule has 0 fully saturated rings. The minimum Gasteiger partial charge on any atom is -0.459 e. The maximum Gasteiger partial charge on any atom is 0.413 e. The number of hydrogen-bond acceptors (Lipinski definition) is 5. The highest BCUT2D eigenvalue weighted by molar-refractivity contribution is 5.72. The maximum absolute atomic E-state index is 11.2. The second-order valence-corrected chi connectivity index (χ2v) is 3.19. The molecule has 6 nitrogen and oxygen atoms in total. The average Bonchev–Trinajstić information content (AvgIpc) is 2.30. The minimum atomic E-state index is -1.77. The van der Waals surface area contributed by atoms with E-state index in [9.17, 15) is 14.9 Å². The van der Waals surface area contributed by atoms with E-state index >= 15 is 0 Å². The van der Waals surface area contributed by atoms with E-state index in [1.807, 2.05) is 6.07 Å². The van der Waals surface area contributed by atoms with E-state index in [0.29, 0.717) is 0 Å². The number of rotatable bonds is 6. The number of esters is 1. The molecule has 0 aliphatic rings. The summed E-state index contributed by atoms with van der Waals surface area (Å²) in [5.74, 6) is -0.978. The lowest BCUT2D eigenvalue weighted by molar-refractivity contribution is -0.563. The van der Waals surface area contributed by atoms with E-state index in [1.54, 1.807) is 31.2 Å². The van der Waals surface area contributed by atoms with Crippen LogP contribution in [-0.2, 0) is 20.9 Å². The molecule has 0 aromatic heterocycles. The molecule has 0 radical (unpaired) electrons. The zero-order valence-electron chi connectivity index (χ0n) is 9.37. The van der Waals surface area contributed by atoms with Crippen molar-refractivity contribution < 1.29 is 19.2 Å². The first kappa shape index (κ1) is 13.1. The molecule has 6 heteroatoms. The largest absolute Gasteiger partial charge is 0.459 e. The van der Waals surface area contributed by atoms with Crippen molar-refractivity contribution in [2.24, 2.45) is 0 Å². The number of carbonyl (C=O) groups excluding carboxylic acids is 1. The van der Waals surface area contributed by atoms with E-state index in [0.717, 1.165) is 5.56 Å². The van der Waals surface area contributed by atoms with Gasteiger partial charge in [0.25, 0.3) is 0 Å². The summed E-state index contributed by atoms with van der Waals surface area (Å²) in [6.45, 7) is 1.65.